The Morgan fingerprint density at radius 3 is 2.86 bits per heavy atom. The molecule has 2 unspecified atom stereocenters. The van der Waals surface area contributed by atoms with Crippen LogP contribution in [0.1, 0.15) is 23.8 Å². The molecule has 2 N–H and O–H groups in total. The molecule has 0 aliphatic carbocycles. The highest BCUT2D eigenvalue weighted by atomic mass is 35.5. The van der Waals surface area contributed by atoms with Gasteiger partial charge < -0.3 is 14.8 Å². The number of carbonyl (C=O) groups is 1. The molecule has 2 aliphatic heterocycles. The van der Waals surface area contributed by atoms with E-state index in [0.29, 0.717) is 40.5 Å². The van der Waals surface area contributed by atoms with E-state index in [1.165, 1.54) is 0 Å². The van der Waals surface area contributed by atoms with E-state index in [4.69, 9.17) is 32.7 Å². The third-order valence-corrected chi connectivity index (χ3v) is 5.21. The number of benzene rings is 1. The molecule has 1 amide bonds. The van der Waals surface area contributed by atoms with Gasteiger partial charge in [-0.1, -0.05) is 35.3 Å². The Balaban J connectivity index is 1.57. The zero-order valence-electron chi connectivity index (χ0n) is 14.8. The summed E-state index contributed by atoms with van der Waals surface area (Å²) in [6.07, 6.45) is -0.453. The lowest BCUT2D eigenvalue weighted by Gasteiger charge is -2.26. The molecule has 3 heterocycles. The van der Waals surface area contributed by atoms with Crippen molar-refractivity contribution in [3.8, 4) is 5.88 Å². The second-order valence-electron chi connectivity index (χ2n) is 6.46. The first-order valence-corrected chi connectivity index (χ1v) is 9.62. The van der Waals surface area contributed by atoms with E-state index in [2.05, 4.69) is 20.8 Å². The number of amides is 1. The van der Waals surface area contributed by atoms with Crippen molar-refractivity contribution in [2.75, 3.05) is 19.7 Å². The predicted molar refractivity (Wildman–Crippen MR) is 106 cm³/mol. The first-order chi connectivity index (χ1) is 13.6. The number of hydrazone groups is 1. The number of ether oxygens (including phenoxy) is 2. The van der Waals surface area contributed by atoms with Crippen molar-refractivity contribution in [1.82, 2.24) is 15.7 Å². The van der Waals surface area contributed by atoms with Crippen LogP contribution in [0.2, 0.25) is 10.0 Å². The van der Waals surface area contributed by atoms with Crippen LogP contribution >= 0.6 is 23.2 Å². The summed E-state index contributed by atoms with van der Waals surface area (Å²) in [7, 11) is 0. The van der Waals surface area contributed by atoms with Crippen LogP contribution in [-0.4, -0.2) is 42.4 Å². The molecule has 7 nitrogen and oxygen atoms in total. The van der Waals surface area contributed by atoms with Gasteiger partial charge in [0.05, 0.1) is 34.5 Å². The summed E-state index contributed by atoms with van der Waals surface area (Å²) in [6, 6.07) is 10.8. The van der Waals surface area contributed by atoms with Crippen molar-refractivity contribution < 1.29 is 14.3 Å². The monoisotopic (exact) mass is 420 g/mol. The number of carbonyl (C=O) groups excluding carboxylic acids is 1. The summed E-state index contributed by atoms with van der Waals surface area (Å²) in [4.78, 5) is 15.9. The van der Waals surface area contributed by atoms with Crippen LogP contribution in [0.5, 0.6) is 5.88 Å². The molecule has 146 valence electrons. The Labute approximate surface area is 172 Å². The van der Waals surface area contributed by atoms with E-state index in [-0.39, 0.29) is 24.5 Å². The maximum absolute atomic E-state index is 11.4. The molecule has 2 atom stereocenters. The summed E-state index contributed by atoms with van der Waals surface area (Å²) in [5.41, 5.74) is 4.50. The largest absolute Gasteiger partial charge is 0.470 e. The SMILES string of the molecule is O=C1CC(c2cccc(OC3CNCCOC3c3ccc(Cl)c(Cl)c3)n2)=NN1. The molecule has 1 saturated heterocycles. The minimum absolute atomic E-state index is 0.149. The molecular weight excluding hydrogens is 403 g/mol. The molecule has 1 aromatic heterocycles. The highest BCUT2D eigenvalue weighted by Crippen LogP contribution is 2.31. The molecule has 2 aliphatic rings. The zero-order valence-corrected chi connectivity index (χ0v) is 16.3. The molecule has 9 heteroatoms. The standard InChI is InChI=1S/C19H18Cl2N4O3/c20-12-5-4-11(8-13(12)21)19-16(10-22-6-7-27-19)28-18-3-1-2-14(23-18)15-9-17(26)25-24-15/h1-5,8,16,19,22H,6-7,9-10H2,(H,25,26). The second kappa shape index (κ2) is 8.45. The summed E-state index contributed by atoms with van der Waals surface area (Å²) < 4.78 is 12.2. The molecule has 0 radical (unpaired) electrons. The van der Waals surface area contributed by atoms with E-state index >= 15 is 0 Å². The average molecular weight is 421 g/mol. The third-order valence-electron chi connectivity index (χ3n) is 4.47. The Kier molecular flexibility index (Phi) is 5.77. The number of halogens is 2. The molecule has 28 heavy (non-hydrogen) atoms. The van der Waals surface area contributed by atoms with Crippen molar-refractivity contribution in [2.45, 2.75) is 18.6 Å². The number of pyridine rings is 1. The average Bonchev–Trinajstić information content (AvgIpc) is 3.00. The normalized spacial score (nSPS) is 22.4. The molecular formula is C19H18Cl2N4O3. The first kappa shape index (κ1) is 19.1. The Morgan fingerprint density at radius 2 is 2.07 bits per heavy atom. The van der Waals surface area contributed by atoms with Gasteiger partial charge in [0.25, 0.3) is 0 Å². The van der Waals surface area contributed by atoms with Gasteiger partial charge in [-0.25, -0.2) is 10.4 Å². The van der Waals surface area contributed by atoms with E-state index in [9.17, 15) is 4.79 Å². The Hall–Kier alpha value is -2.19. The van der Waals surface area contributed by atoms with Crippen molar-refractivity contribution in [3.63, 3.8) is 0 Å². The maximum Gasteiger partial charge on any atom is 0.246 e. The predicted octanol–water partition coefficient (Wildman–Crippen LogP) is 2.72. The van der Waals surface area contributed by atoms with Gasteiger partial charge in [0.15, 0.2) is 0 Å². The third kappa shape index (κ3) is 4.28. The highest BCUT2D eigenvalue weighted by Gasteiger charge is 2.29. The maximum atomic E-state index is 11.4. The number of rotatable bonds is 4. The van der Waals surface area contributed by atoms with Gasteiger partial charge in [0.2, 0.25) is 11.8 Å². The van der Waals surface area contributed by atoms with Crippen molar-refractivity contribution in [1.29, 1.82) is 0 Å². The van der Waals surface area contributed by atoms with Gasteiger partial charge in [-0.2, -0.15) is 5.10 Å². The molecule has 1 aromatic carbocycles. The minimum atomic E-state index is -0.331. The van der Waals surface area contributed by atoms with E-state index in [1.54, 1.807) is 24.3 Å². The van der Waals surface area contributed by atoms with Crippen LogP contribution in [-0.2, 0) is 9.53 Å². The minimum Gasteiger partial charge on any atom is -0.470 e. The van der Waals surface area contributed by atoms with Crippen LogP contribution in [0.25, 0.3) is 0 Å². The fourth-order valence-corrected chi connectivity index (χ4v) is 3.43. The Morgan fingerprint density at radius 1 is 1.18 bits per heavy atom. The molecule has 1 fully saturated rings. The summed E-state index contributed by atoms with van der Waals surface area (Å²) in [5.74, 6) is 0.283. The van der Waals surface area contributed by atoms with Gasteiger partial charge in [0, 0.05) is 19.2 Å². The summed E-state index contributed by atoms with van der Waals surface area (Å²) >= 11 is 12.2. The first-order valence-electron chi connectivity index (χ1n) is 8.87. The lowest BCUT2D eigenvalue weighted by molar-refractivity contribution is -0.119. The molecule has 2 aromatic rings. The van der Waals surface area contributed by atoms with Crippen LogP contribution < -0.4 is 15.5 Å². The van der Waals surface area contributed by atoms with E-state index in [0.717, 1.165) is 12.1 Å². The number of hydrogen-bond donors (Lipinski definition) is 2. The van der Waals surface area contributed by atoms with Crippen LogP contribution in [0.15, 0.2) is 41.5 Å². The van der Waals surface area contributed by atoms with E-state index in [1.807, 2.05) is 12.1 Å². The van der Waals surface area contributed by atoms with E-state index < -0.39 is 0 Å². The summed E-state index contributed by atoms with van der Waals surface area (Å²) in [5, 5.41) is 8.27. The number of nitrogens with one attached hydrogen (secondary N) is 2. The number of aromatic nitrogens is 1. The lowest BCUT2D eigenvalue weighted by atomic mass is 10.0. The lowest BCUT2D eigenvalue weighted by Crippen LogP contribution is -2.34. The summed E-state index contributed by atoms with van der Waals surface area (Å²) in [6.45, 7) is 1.84. The van der Waals surface area contributed by atoms with Crippen LogP contribution in [0.4, 0.5) is 0 Å². The van der Waals surface area contributed by atoms with Gasteiger partial charge >= 0.3 is 0 Å². The molecule has 0 saturated carbocycles. The van der Waals surface area contributed by atoms with Gasteiger partial charge in [-0.15, -0.1) is 0 Å². The Bertz CT molecular complexity index is 922. The highest BCUT2D eigenvalue weighted by molar-refractivity contribution is 6.42. The smallest absolute Gasteiger partial charge is 0.246 e. The van der Waals surface area contributed by atoms with Crippen molar-refractivity contribution >= 4 is 34.8 Å². The molecule has 4 rings (SSSR count). The van der Waals surface area contributed by atoms with Gasteiger partial charge in [0.1, 0.15) is 12.2 Å². The molecule has 0 spiro atoms. The number of nitrogens with zero attached hydrogens (tertiary/aromatic N) is 2. The van der Waals surface area contributed by atoms with Gasteiger partial charge in [-0.05, 0) is 23.8 Å². The van der Waals surface area contributed by atoms with Crippen LogP contribution in [0, 0.1) is 0 Å². The van der Waals surface area contributed by atoms with Crippen molar-refractivity contribution in [3.05, 3.63) is 57.7 Å². The second-order valence-corrected chi connectivity index (χ2v) is 7.27. The number of hydrogen-bond acceptors (Lipinski definition) is 6. The fraction of sp³-hybridized carbons (Fsp3) is 0.316. The quantitative estimate of drug-likeness (QED) is 0.793. The fourth-order valence-electron chi connectivity index (χ4n) is 3.13. The molecule has 0 bridgehead atoms. The zero-order chi connectivity index (χ0) is 19.5. The van der Waals surface area contributed by atoms with Gasteiger partial charge in [-0.3, -0.25) is 4.79 Å². The topological polar surface area (TPSA) is 84.8 Å². The van der Waals surface area contributed by atoms with Crippen LogP contribution in [0.3, 0.4) is 0 Å². The van der Waals surface area contributed by atoms with Crippen molar-refractivity contribution in [2.24, 2.45) is 5.10 Å².